The van der Waals surface area contributed by atoms with Crippen molar-refractivity contribution in [1.82, 2.24) is 4.98 Å². The first kappa shape index (κ1) is 13.1. The van der Waals surface area contributed by atoms with Crippen LogP contribution in [0.1, 0.15) is 39.0 Å². The molecule has 4 heteroatoms. The van der Waals surface area contributed by atoms with Crippen LogP contribution >= 0.6 is 0 Å². The molecule has 0 spiro atoms. The van der Waals surface area contributed by atoms with Crippen molar-refractivity contribution < 1.29 is 5.11 Å². The summed E-state index contributed by atoms with van der Waals surface area (Å²) in [6.45, 7) is 2.92. The summed E-state index contributed by atoms with van der Waals surface area (Å²) in [5.74, 6) is 1.73. The molecule has 2 unspecified atom stereocenters. The van der Waals surface area contributed by atoms with Crippen LogP contribution in [0.5, 0.6) is 0 Å². The second-order valence-electron chi connectivity index (χ2n) is 4.89. The van der Waals surface area contributed by atoms with Crippen molar-refractivity contribution in [3.63, 3.8) is 0 Å². The summed E-state index contributed by atoms with van der Waals surface area (Å²) in [5.41, 5.74) is 0. The lowest BCUT2D eigenvalue weighted by Gasteiger charge is -2.22. The number of aromatic nitrogens is 1. The van der Waals surface area contributed by atoms with E-state index in [4.69, 9.17) is 0 Å². The van der Waals surface area contributed by atoms with Crippen molar-refractivity contribution in [2.45, 2.75) is 51.2 Å². The number of nitrogens with one attached hydrogen (secondary N) is 2. The van der Waals surface area contributed by atoms with Gasteiger partial charge in [-0.15, -0.1) is 0 Å². The normalized spacial score (nSPS) is 24.3. The Bertz CT molecular complexity index is 370. The Morgan fingerprint density at radius 1 is 1.22 bits per heavy atom. The minimum atomic E-state index is -0.253. The number of anilines is 2. The summed E-state index contributed by atoms with van der Waals surface area (Å²) >= 11 is 0. The molecule has 1 aliphatic rings. The fraction of sp³-hybridized carbons (Fsp3) is 0.643. The van der Waals surface area contributed by atoms with Crippen LogP contribution < -0.4 is 10.6 Å². The third-order valence-corrected chi connectivity index (χ3v) is 3.42. The van der Waals surface area contributed by atoms with Gasteiger partial charge in [-0.1, -0.05) is 25.3 Å². The number of rotatable bonds is 4. The Morgan fingerprint density at radius 3 is 2.83 bits per heavy atom. The van der Waals surface area contributed by atoms with Crippen molar-refractivity contribution in [3.8, 4) is 0 Å². The fourth-order valence-corrected chi connectivity index (χ4v) is 2.44. The van der Waals surface area contributed by atoms with Crippen LogP contribution in [-0.2, 0) is 0 Å². The molecule has 0 bridgehead atoms. The SMILES string of the molecule is CCNc1cccc(NC2CCCCCC2O)n1. The van der Waals surface area contributed by atoms with E-state index in [0.29, 0.717) is 0 Å². The molecule has 0 radical (unpaired) electrons. The molecule has 0 amide bonds. The minimum Gasteiger partial charge on any atom is -0.391 e. The van der Waals surface area contributed by atoms with Gasteiger partial charge >= 0.3 is 0 Å². The Kier molecular flexibility index (Phi) is 4.81. The van der Waals surface area contributed by atoms with Gasteiger partial charge in [0.2, 0.25) is 0 Å². The van der Waals surface area contributed by atoms with Gasteiger partial charge in [0.05, 0.1) is 12.1 Å². The van der Waals surface area contributed by atoms with E-state index >= 15 is 0 Å². The smallest absolute Gasteiger partial charge is 0.128 e. The van der Waals surface area contributed by atoms with Crippen LogP contribution in [-0.4, -0.2) is 28.8 Å². The van der Waals surface area contributed by atoms with Crippen molar-refractivity contribution in [2.75, 3.05) is 17.2 Å². The van der Waals surface area contributed by atoms with Crippen molar-refractivity contribution >= 4 is 11.6 Å². The molecular weight excluding hydrogens is 226 g/mol. The van der Waals surface area contributed by atoms with Crippen LogP contribution in [0.15, 0.2) is 18.2 Å². The summed E-state index contributed by atoms with van der Waals surface area (Å²) in [6.07, 6.45) is 5.20. The van der Waals surface area contributed by atoms with E-state index in [1.54, 1.807) is 0 Å². The highest BCUT2D eigenvalue weighted by atomic mass is 16.3. The van der Waals surface area contributed by atoms with Crippen molar-refractivity contribution in [1.29, 1.82) is 0 Å². The van der Waals surface area contributed by atoms with E-state index in [1.165, 1.54) is 12.8 Å². The number of hydrogen-bond acceptors (Lipinski definition) is 4. The molecule has 1 saturated carbocycles. The molecular formula is C14H23N3O. The van der Waals surface area contributed by atoms with Gasteiger partial charge in [-0.2, -0.15) is 0 Å². The van der Waals surface area contributed by atoms with E-state index < -0.39 is 0 Å². The molecule has 2 atom stereocenters. The van der Waals surface area contributed by atoms with E-state index in [2.05, 4.69) is 22.5 Å². The first-order valence-corrected chi connectivity index (χ1v) is 6.95. The number of aliphatic hydroxyl groups excluding tert-OH is 1. The Morgan fingerprint density at radius 2 is 2.00 bits per heavy atom. The maximum atomic E-state index is 10.1. The quantitative estimate of drug-likeness (QED) is 0.718. The molecule has 0 aromatic carbocycles. The zero-order valence-corrected chi connectivity index (χ0v) is 11.0. The number of pyridine rings is 1. The van der Waals surface area contributed by atoms with Crippen molar-refractivity contribution in [3.05, 3.63) is 18.2 Å². The average Bonchev–Trinajstić information content (AvgIpc) is 2.56. The maximum absolute atomic E-state index is 10.1. The van der Waals surface area contributed by atoms with Gasteiger partial charge in [0.1, 0.15) is 11.6 Å². The molecule has 1 aliphatic carbocycles. The van der Waals surface area contributed by atoms with Gasteiger partial charge in [-0.05, 0) is 31.9 Å². The van der Waals surface area contributed by atoms with Crippen LogP contribution in [0.4, 0.5) is 11.6 Å². The lowest BCUT2D eigenvalue weighted by molar-refractivity contribution is 0.144. The number of hydrogen-bond donors (Lipinski definition) is 3. The van der Waals surface area contributed by atoms with Gasteiger partial charge in [0.15, 0.2) is 0 Å². The van der Waals surface area contributed by atoms with Gasteiger partial charge < -0.3 is 15.7 Å². The third kappa shape index (κ3) is 3.60. The van der Waals surface area contributed by atoms with Gasteiger partial charge in [-0.3, -0.25) is 0 Å². The molecule has 100 valence electrons. The minimum absolute atomic E-state index is 0.136. The highest BCUT2D eigenvalue weighted by molar-refractivity contribution is 5.45. The Balaban J connectivity index is 2.00. The highest BCUT2D eigenvalue weighted by Gasteiger charge is 2.21. The van der Waals surface area contributed by atoms with Crippen LogP contribution in [0.3, 0.4) is 0 Å². The highest BCUT2D eigenvalue weighted by Crippen LogP contribution is 2.21. The number of nitrogens with zero attached hydrogens (tertiary/aromatic N) is 1. The fourth-order valence-electron chi connectivity index (χ4n) is 2.44. The lowest BCUT2D eigenvalue weighted by Crippen LogP contribution is -2.32. The molecule has 1 aromatic rings. The zero-order chi connectivity index (χ0) is 12.8. The second kappa shape index (κ2) is 6.59. The first-order valence-electron chi connectivity index (χ1n) is 6.95. The maximum Gasteiger partial charge on any atom is 0.128 e. The van der Waals surface area contributed by atoms with Crippen LogP contribution in [0, 0.1) is 0 Å². The van der Waals surface area contributed by atoms with E-state index in [0.717, 1.165) is 37.4 Å². The molecule has 18 heavy (non-hydrogen) atoms. The predicted molar refractivity (Wildman–Crippen MR) is 74.9 cm³/mol. The lowest BCUT2D eigenvalue weighted by atomic mass is 10.1. The predicted octanol–water partition coefficient (Wildman–Crippen LogP) is 2.62. The van der Waals surface area contributed by atoms with Gasteiger partial charge in [0, 0.05) is 6.54 Å². The summed E-state index contributed by atoms with van der Waals surface area (Å²) in [6, 6.07) is 6.03. The summed E-state index contributed by atoms with van der Waals surface area (Å²) in [5, 5.41) is 16.6. The summed E-state index contributed by atoms with van der Waals surface area (Å²) in [7, 11) is 0. The monoisotopic (exact) mass is 249 g/mol. The van der Waals surface area contributed by atoms with Crippen LogP contribution in [0.25, 0.3) is 0 Å². The largest absolute Gasteiger partial charge is 0.391 e. The molecule has 4 nitrogen and oxygen atoms in total. The molecule has 1 aromatic heterocycles. The van der Waals surface area contributed by atoms with E-state index in [9.17, 15) is 5.11 Å². The molecule has 1 fully saturated rings. The first-order chi connectivity index (χ1) is 8.79. The van der Waals surface area contributed by atoms with Gasteiger partial charge in [0.25, 0.3) is 0 Å². The molecule has 0 saturated heterocycles. The average molecular weight is 249 g/mol. The van der Waals surface area contributed by atoms with Crippen molar-refractivity contribution in [2.24, 2.45) is 0 Å². The molecule has 1 heterocycles. The van der Waals surface area contributed by atoms with Crippen LogP contribution in [0.2, 0.25) is 0 Å². The topological polar surface area (TPSA) is 57.2 Å². The molecule has 2 rings (SSSR count). The molecule has 0 aliphatic heterocycles. The third-order valence-electron chi connectivity index (χ3n) is 3.42. The van der Waals surface area contributed by atoms with Gasteiger partial charge in [-0.25, -0.2) is 4.98 Å². The summed E-state index contributed by atoms with van der Waals surface area (Å²) < 4.78 is 0. The Hall–Kier alpha value is -1.29. The number of aliphatic hydroxyl groups is 1. The van der Waals surface area contributed by atoms with E-state index in [-0.39, 0.29) is 12.1 Å². The standard InChI is InChI=1S/C14H23N3O/c1-2-15-13-9-6-10-14(17-13)16-11-7-4-3-5-8-12(11)18/h6,9-12,18H,2-5,7-8H2,1H3,(H2,15,16,17). The Labute approximate surface area is 109 Å². The zero-order valence-electron chi connectivity index (χ0n) is 11.0. The summed E-state index contributed by atoms with van der Waals surface area (Å²) in [4.78, 5) is 4.49. The molecule has 3 N–H and O–H groups in total. The second-order valence-corrected chi connectivity index (χ2v) is 4.89. The van der Waals surface area contributed by atoms with E-state index in [1.807, 2.05) is 18.2 Å².